The number of carboxylic acid groups (broad SMARTS) is 1. The Morgan fingerprint density at radius 2 is 2.39 bits per heavy atom. The lowest BCUT2D eigenvalue weighted by atomic mass is 10.0. The van der Waals surface area contributed by atoms with Gasteiger partial charge in [0.1, 0.15) is 0 Å². The van der Waals surface area contributed by atoms with Gasteiger partial charge in [-0.3, -0.25) is 4.79 Å². The van der Waals surface area contributed by atoms with E-state index in [4.69, 9.17) is 5.11 Å². The van der Waals surface area contributed by atoms with E-state index in [1.165, 1.54) is 10.4 Å². The van der Waals surface area contributed by atoms with Gasteiger partial charge in [-0.1, -0.05) is 0 Å². The Morgan fingerprint density at radius 1 is 1.61 bits per heavy atom. The molecule has 2 amide bonds. The van der Waals surface area contributed by atoms with E-state index in [1.807, 2.05) is 12.3 Å². The number of aliphatic carboxylic acids is 1. The molecule has 6 heteroatoms. The SMILES string of the molecule is CC1c2ccsc2CCN1C(=O)NCCC(=O)O. The molecule has 18 heavy (non-hydrogen) atoms. The predicted octanol–water partition coefficient (Wildman–Crippen LogP) is 1.85. The van der Waals surface area contributed by atoms with Crippen LogP contribution in [0.15, 0.2) is 11.4 Å². The third kappa shape index (κ3) is 2.64. The molecule has 1 unspecified atom stereocenters. The fourth-order valence-electron chi connectivity index (χ4n) is 2.16. The number of carbonyl (C=O) groups is 2. The van der Waals surface area contributed by atoms with E-state index in [0.717, 1.165) is 6.42 Å². The molecular weight excluding hydrogens is 252 g/mol. The lowest BCUT2D eigenvalue weighted by Gasteiger charge is -2.33. The summed E-state index contributed by atoms with van der Waals surface area (Å²) in [5.41, 5.74) is 1.21. The van der Waals surface area contributed by atoms with Gasteiger partial charge >= 0.3 is 12.0 Å². The zero-order valence-electron chi connectivity index (χ0n) is 10.2. The summed E-state index contributed by atoms with van der Waals surface area (Å²) in [7, 11) is 0. The first kappa shape index (κ1) is 12.9. The summed E-state index contributed by atoms with van der Waals surface area (Å²) in [5.74, 6) is -0.901. The van der Waals surface area contributed by atoms with Crippen LogP contribution in [-0.4, -0.2) is 35.1 Å². The zero-order valence-corrected chi connectivity index (χ0v) is 11.0. The molecule has 2 N–H and O–H groups in total. The number of carboxylic acids is 1. The van der Waals surface area contributed by atoms with Crippen LogP contribution in [0, 0.1) is 0 Å². The number of hydrogen-bond acceptors (Lipinski definition) is 3. The number of rotatable bonds is 3. The summed E-state index contributed by atoms with van der Waals surface area (Å²) in [4.78, 5) is 25.4. The molecule has 0 bridgehead atoms. The third-order valence-corrected chi connectivity index (χ3v) is 4.15. The van der Waals surface area contributed by atoms with Gasteiger partial charge in [-0.05, 0) is 30.4 Å². The van der Waals surface area contributed by atoms with Crippen molar-refractivity contribution < 1.29 is 14.7 Å². The Labute approximate surface area is 109 Å². The monoisotopic (exact) mass is 268 g/mol. The second kappa shape index (κ2) is 5.39. The molecule has 0 spiro atoms. The van der Waals surface area contributed by atoms with Crippen LogP contribution in [0.4, 0.5) is 4.79 Å². The maximum Gasteiger partial charge on any atom is 0.317 e. The molecule has 1 aromatic heterocycles. The van der Waals surface area contributed by atoms with Crippen LogP contribution >= 0.6 is 11.3 Å². The van der Waals surface area contributed by atoms with Crippen molar-refractivity contribution in [1.82, 2.24) is 10.2 Å². The summed E-state index contributed by atoms with van der Waals surface area (Å²) in [5, 5.41) is 13.2. The molecule has 0 aromatic carbocycles. The van der Waals surface area contributed by atoms with E-state index in [1.54, 1.807) is 16.2 Å². The van der Waals surface area contributed by atoms with Gasteiger partial charge in [0, 0.05) is 18.0 Å². The topological polar surface area (TPSA) is 69.6 Å². The van der Waals surface area contributed by atoms with E-state index in [0.29, 0.717) is 6.54 Å². The van der Waals surface area contributed by atoms with Crippen LogP contribution in [0.25, 0.3) is 0 Å². The molecule has 98 valence electrons. The lowest BCUT2D eigenvalue weighted by molar-refractivity contribution is -0.136. The zero-order chi connectivity index (χ0) is 13.1. The van der Waals surface area contributed by atoms with Crippen LogP contribution in [0.1, 0.15) is 29.8 Å². The Balaban J connectivity index is 1.94. The fourth-order valence-corrected chi connectivity index (χ4v) is 3.13. The number of hydrogen-bond donors (Lipinski definition) is 2. The number of fused-ring (bicyclic) bond motifs is 1. The normalized spacial score (nSPS) is 18.3. The van der Waals surface area contributed by atoms with Crippen molar-refractivity contribution in [2.24, 2.45) is 0 Å². The minimum Gasteiger partial charge on any atom is -0.481 e. The first-order valence-corrected chi connectivity index (χ1v) is 6.80. The maximum atomic E-state index is 11.9. The fraction of sp³-hybridized carbons (Fsp3) is 0.500. The molecule has 2 rings (SSSR count). The lowest BCUT2D eigenvalue weighted by Crippen LogP contribution is -2.44. The maximum absolute atomic E-state index is 11.9. The Hall–Kier alpha value is -1.56. The van der Waals surface area contributed by atoms with E-state index < -0.39 is 5.97 Å². The summed E-state index contributed by atoms with van der Waals surface area (Å²) < 4.78 is 0. The minimum absolute atomic E-state index is 0.0440. The van der Waals surface area contributed by atoms with Gasteiger partial charge in [-0.2, -0.15) is 0 Å². The highest BCUT2D eigenvalue weighted by molar-refractivity contribution is 7.10. The van der Waals surface area contributed by atoms with Crippen molar-refractivity contribution in [3.63, 3.8) is 0 Å². The number of carbonyl (C=O) groups excluding carboxylic acids is 1. The molecular formula is C12H16N2O3S. The van der Waals surface area contributed by atoms with Crippen molar-refractivity contribution in [3.05, 3.63) is 21.9 Å². The molecule has 1 aliphatic rings. The number of nitrogens with one attached hydrogen (secondary N) is 1. The second-order valence-corrected chi connectivity index (χ2v) is 5.29. The standard InChI is InChI=1S/C12H16N2O3S/c1-8-9-4-7-18-10(9)3-6-14(8)12(17)13-5-2-11(15)16/h4,7-8H,2-3,5-6H2,1H3,(H,13,17)(H,15,16). The summed E-state index contributed by atoms with van der Waals surface area (Å²) >= 11 is 1.73. The van der Waals surface area contributed by atoms with Gasteiger partial charge in [0.05, 0.1) is 12.5 Å². The molecule has 0 saturated heterocycles. The Bertz CT molecular complexity index is 458. The van der Waals surface area contributed by atoms with E-state index >= 15 is 0 Å². The number of thiophene rings is 1. The number of amides is 2. The van der Waals surface area contributed by atoms with Gasteiger partial charge in [0.2, 0.25) is 0 Å². The summed E-state index contributed by atoms with van der Waals surface area (Å²) in [6, 6.07) is 1.94. The summed E-state index contributed by atoms with van der Waals surface area (Å²) in [6.07, 6.45) is 0.835. The van der Waals surface area contributed by atoms with Crippen LogP contribution in [0.5, 0.6) is 0 Å². The molecule has 1 aromatic rings. The number of nitrogens with zero attached hydrogens (tertiary/aromatic N) is 1. The number of urea groups is 1. The van der Waals surface area contributed by atoms with Gasteiger partial charge in [0.25, 0.3) is 0 Å². The summed E-state index contributed by atoms with van der Waals surface area (Å²) in [6.45, 7) is 2.86. The smallest absolute Gasteiger partial charge is 0.317 e. The van der Waals surface area contributed by atoms with Crippen molar-refractivity contribution >= 4 is 23.3 Å². The minimum atomic E-state index is -0.901. The third-order valence-electron chi connectivity index (χ3n) is 3.15. The molecule has 1 atom stereocenters. The molecule has 2 heterocycles. The first-order valence-electron chi connectivity index (χ1n) is 5.92. The van der Waals surface area contributed by atoms with Gasteiger partial charge < -0.3 is 15.3 Å². The van der Waals surface area contributed by atoms with E-state index in [-0.39, 0.29) is 25.0 Å². The van der Waals surface area contributed by atoms with Gasteiger partial charge in [0.15, 0.2) is 0 Å². The van der Waals surface area contributed by atoms with Crippen molar-refractivity contribution in [1.29, 1.82) is 0 Å². The average Bonchev–Trinajstić information content (AvgIpc) is 2.77. The first-order chi connectivity index (χ1) is 8.59. The van der Waals surface area contributed by atoms with E-state index in [2.05, 4.69) is 11.4 Å². The van der Waals surface area contributed by atoms with Crippen molar-refractivity contribution in [3.8, 4) is 0 Å². The predicted molar refractivity (Wildman–Crippen MR) is 68.8 cm³/mol. The highest BCUT2D eigenvalue weighted by Gasteiger charge is 2.27. The molecule has 0 saturated carbocycles. The van der Waals surface area contributed by atoms with Crippen LogP contribution in [-0.2, 0) is 11.2 Å². The highest BCUT2D eigenvalue weighted by atomic mass is 32.1. The highest BCUT2D eigenvalue weighted by Crippen LogP contribution is 2.32. The molecule has 0 radical (unpaired) electrons. The van der Waals surface area contributed by atoms with Gasteiger partial charge in [-0.25, -0.2) is 4.79 Å². The van der Waals surface area contributed by atoms with Gasteiger partial charge in [-0.15, -0.1) is 11.3 Å². The van der Waals surface area contributed by atoms with E-state index in [9.17, 15) is 9.59 Å². The van der Waals surface area contributed by atoms with Crippen molar-refractivity contribution in [2.45, 2.75) is 25.8 Å². The van der Waals surface area contributed by atoms with Crippen LogP contribution in [0.2, 0.25) is 0 Å². The Kier molecular flexibility index (Phi) is 3.86. The second-order valence-electron chi connectivity index (χ2n) is 4.29. The van der Waals surface area contributed by atoms with Crippen molar-refractivity contribution in [2.75, 3.05) is 13.1 Å². The largest absolute Gasteiger partial charge is 0.481 e. The quantitative estimate of drug-likeness (QED) is 0.879. The molecule has 0 aliphatic carbocycles. The molecule has 1 aliphatic heterocycles. The molecule has 5 nitrogen and oxygen atoms in total. The molecule has 0 fully saturated rings. The average molecular weight is 268 g/mol. The van der Waals surface area contributed by atoms with Crippen LogP contribution in [0.3, 0.4) is 0 Å². The van der Waals surface area contributed by atoms with Crippen LogP contribution < -0.4 is 5.32 Å². The Morgan fingerprint density at radius 3 is 3.11 bits per heavy atom.